The van der Waals surface area contributed by atoms with Gasteiger partial charge in [-0.2, -0.15) is 0 Å². The molecule has 0 aromatic heterocycles. The molecule has 14 heavy (non-hydrogen) atoms. The van der Waals surface area contributed by atoms with Crippen molar-refractivity contribution in [3.8, 4) is 0 Å². The molecule has 0 radical (unpaired) electrons. The quantitative estimate of drug-likeness (QED) is 0.598. The predicted molar refractivity (Wildman–Crippen MR) is 50.5 cm³/mol. The molecule has 5 heteroatoms. The number of amides is 2. The molecule has 1 aliphatic carbocycles. The molecule has 2 N–H and O–H groups in total. The van der Waals surface area contributed by atoms with Crippen LogP contribution < -0.4 is 10.6 Å². The molecule has 2 amide bonds. The number of hydrogen-bond acceptors (Lipinski definition) is 3. The van der Waals surface area contributed by atoms with Gasteiger partial charge in [-0.05, 0) is 19.3 Å². The molecule has 0 aromatic rings. The van der Waals surface area contributed by atoms with Crippen LogP contribution in [0.1, 0.15) is 26.2 Å². The molecule has 2 rings (SSSR count). The van der Waals surface area contributed by atoms with Gasteiger partial charge in [0.25, 0.3) is 0 Å². The monoisotopic (exact) mass is 195 g/mol. The van der Waals surface area contributed by atoms with Gasteiger partial charge in [0.1, 0.15) is 5.92 Å². The van der Waals surface area contributed by atoms with E-state index in [1.165, 1.54) is 0 Å². The minimum atomic E-state index is -0.562. The highest BCUT2D eigenvalue weighted by Gasteiger charge is 2.32. The van der Waals surface area contributed by atoms with Crippen LogP contribution in [0.25, 0.3) is 0 Å². The van der Waals surface area contributed by atoms with Crippen LogP contribution in [0.4, 0.5) is 0 Å². The van der Waals surface area contributed by atoms with Crippen LogP contribution in [0, 0.1) is 5.92 Å². The van der Waals surface area contributed by atoms with Gasteiger partial charge in [-0.15, -0.1) is 0 Å². The molecule has 1 saturated carbocycles. The second-order valence-corrected chi connectivity index (χ2v) is 3.65. The summed E-state index contributed by atoms with van der Waals surface area (Å²) in [6.45, 7) is 1.81. The third kappa shape index (κ3) is 1.76. The Balaban J connectivity index is 2.06. The Morgan fingerprint density at radius 1 is 1.29 bits per heavy atom. The molecule has 1 aliphatic heterocycles. The average molecular weight is 195 g/mol. The lowest BCUT2D eigenvalue weighted by molar-refractivity contribution is -0.135. The van der Waals surface area contributed by atoms with Gasteiger partial charge in [-0.25, -0.2) is 4.99 Å². The first-order chi connectivity index (χ1) is 6.70. The summed E-state index contributed by atoms with van der Waals surface area (Å²) in [4.78, 5) is 27.0. The highest BCUT2D eigenvalue weighted by Crippen LogP contribution is 2.23. The largest absolute Gasteiger partial charge is 0.296 e. The van der Waals surface area contributed by atoms with Crippen LogP contribution in [-0.4, -0.2) is 23.8 Å². The Morgan fingerprint density at radius 2 is 1.86 bits per heavy atom. The van der Waals surface area contributed by atoms with Crippen LogP contribution in [0.15, 0.2) is 4.99 Å². The van der Waals surface area contributed by atoms with E-state index >= 15 is 0 Å². The molecule has 5 nitrogen and oxygen atoms in total. The maximum Gasteiger partial charge on any atom is 0.239 e. The van der Waals surface area contributed by atoms with E-state index in [1.54, 1.807) is 0 Å². The summed E-state index contributed by atoms with van der Waals surface area (Å²) in [5.41, 5.74) is 0. The van der Waals surface area contributed by atoms with Crippen molar-refractivity contribution in [3.63, 3.8) is 0 Å². The minimum Gasteiger partial charge on any atom is -0.296 e. The Bertz CT molecular complexity index is 287. The van der Waals surface area contributed by atoms with Gasteiger partial charge in [0.05, 0.1) is 6.04 Å². The Labute approximate surface area is 82.0 Å². The first-order valence-corrected chi connectivity index (χ1v) is 4.90. The summed E-state index contributed by atoms with van der Waals surface area (Å²) >= 11 is 0. The smallest absolute Gasteiger partial charge is 0.239 e. The average Bonchev–Trinajstić information content (AvgIpc) is 2.87. The minimum absolute atomic E-state index is 0.240. The van der Waals surface area contributed by atoms with Crippen molar-refractivity contribution in [3.05, 3.63) is 0 Å². The lowest BCUT2D eigenvalue weighted by atomic mass is 10.0. The van der Waals surface area contributed by atoms with Crippen LogP contribution in [0.2, 0.25) is 0 Å². The first kappa shape index (κ1) is 9.18. The highest BCUT2D eigenvalue weighted by molar-refractivity contribution is 6.17. The highest BCUT2D eigenvalue weighted by atomic mass is 16.2. The topological polar surface area (TPSA) is 70.6 Å². The molecule has 0 unspecified atom stereocenters. The molecular formula is C9H13N3O2. The molecule has 1 heterocycles. The van der Waals surface area contributed by atoms with E-state index in [9.17, 15) is 9.59 Å². The molecule has 0 atom stereocenters. The predicted octanol–water partition coefficient (Wildman–Crippen LogP) is -0.223. The number of guanidine groups is 1. The fourth-order valence-electron chi connectivity index (χ4n) is 1.38. The summed E-state index contributed by atoms with van der Waals surface area (Å²) in [6.07, 6.45) is 2.62. The van der Waals surface area contributed by atoms with Crippen LogP contribution in [0.3, 0.4) is 0 Å². The first-order valence-electron chi connectivity index (χ1n) is 4.90. The van der Waals surface area contributed by atoms with Crippen LogP contribution >= 0.6 is 0 Å². The van der Waals surface area contributed by atoms with Crippen molar-refractivity contribution in [2.75, 3.05) is 0 Å². The van der Waals surface area contributed by atoms with E-state index < -0.39 is 5.92 Å². The lowest BCUT2D eigenvalue weighted by Gasteiger charge is -2.22. The molecule has 0 spiro atoms. The molecule has 0 bridgehead atoms. The second kappa shape index (κ2) is 3.40. The molecule has 0 aromatic carbocycles. The molecule has 1 saturated heterocycles. The van der Waals surface area contributed by atoms with Crippen molar-refractivity contribution in [2.24, 2.45) is 10.9 Å². The Morgan fingerprint density at radius 3 is 2.29 bits per heavy atom. The normalized spacial score (nSPS) is 26.9. The molecule has 2 fully saturated rings. The number of carbonyl (C=O) groups is 2. The number of aliphatic imine (C=N–C) groups is 1. The fraction of sp³-hybridized carbons (Fsp3) is 0.667. The zero-order valence-corrected chi connectivity index (χ0v) is 8.04. The Kier molecular flexibility index (Phi) is 2.23. The maximum atomic E-state index is 11.4. The summed E-state index contributed by atoms with van der Waals surface area (Å²) in [6, 6.07) is 0.295. The van der Waals surface area contributed by atoms with E-state index in [2.05, 4.69) is 15.6 Å². The van der Waals surface area contributed by atoms with Crippen LogP contribution in [0.5, 0.6) is 0 Å². The fourth-order valence-corrected chi connectivity index (χ4v) is 1.38. The van der Waals surface area contributed by atoms with Crippen LogP contribution in [-0.2, 0) is 9.59 Å². The van der Waals surface area contributed by atoms with Gasteiger partial charge < -0.3 is 0 Å². The Hall–Kier alpha value is -1.39. The molecular weight excluding hydrogens is 182 g/mol. The second-order valence-electron chi connectivity index (χ2n) is 3.65. The third-order valence-corrected chi connectivity index (χ3v) is 2.38. The van der Waals surface area contributed by atoms with Gasteiger partial charge in [0.15, 0.2) is 0 Å². The summed E-state index contributed by atoms with van der Waals surface area (Å²) < 4.78 is 0. The van der Waals surface area contributed by atoms with Gasteiger partial charge >= 0.3 is 0 Å². The van der Waals surface area contributed by atoms with E-state index in [4.69, 9.17) is 0 Å². The van der Waals surface area contributed by atoms with Gasteiger partial charge in [0.2, 0.25) is 17.8 Å². The summed E-state index contributed by atoms with van der Waals surface area (Å²) in [5, 5.41) is 5.20. The van der Waals surface area contributed by atoms with Gasteiger partial charge in [-0.1, -0.05) is 6.92 Å². The van der Waals surface area contributed by atoms with Crippen molar-refractivity contribution in [2.45, 2.75) is 32.2 Å². The van der Waals surface area contributed by atoms with Crippen molar-refractivity contribution >= 4 is 17.8 Å². The zero-order chi connectivity index (χ0) is 10.1. The van der Waals surface area contributed by atoms with E-state index in [0.717, 1.165) is 12.8 Å². The number of nitrogens with one attached hydrogen (secondary N) is 2. The molecule has 76 valence electrons. The molecule has 2 aliphatic rings. The van der Waals surface area contributed by atoms with E-state index in [1.807, 2.05) is 6.92 Å². The van der Waals surface area contributed by atoms with Crippen molar-refractivity contribution in [1.82, 2.24) is 10.6 Å². The number of hydrogen-bond donors (Lipinski definition) is 2. The van der Waals surface area contributed by atoms with E-state index in [-0.39, 0.29) is 11.8 Å². The SMILES string of the molecule is CCC1C(=O)NC(=NC2CC2)NC1=O. The number of rotatable bonds is 2. The number of carbonyl (C=O) groups excluding carboxylic acids is 2. The summed E-state index contributed by atoms with van der Waals surface area (Å²) in [5.74, 6) is -0.716. The van der Waals surface area contributed by atoms with Gasteiger partial charge in [0, 0.05) is 0 Å². The van der Waals surface area contributed by atoms with Crippen molar-refractivity contribution in [1.29, 1.82) is 0 Å². The van der Waals surface area contributed by atoms with E-state index in [0.29, 0.717) is 18.4 Å². The summed E-state index contributed by atoms with van der Waals surface area (Å²) in [7, 11) is 0. The standard InChI is InChI=1S/C9H13N3O2/c1-2-6-7(13)11-9(12-8(6)14)10-5-3-4-5/h5-6H,2-4H2,1H3,(H2,10,11,12,13,14). The van der Waals surface area contributed by atoms with Gasteiger partial charge in [-0.3, -0.25) is 20.2 Å². The zero-order valence-electron chi connectivity index (χ0n) is 8.04. The lowest BCUT2D eigenvalue weighted by Crippen LogP contribution is -2.56. The maximum absolute atomic E-state index is 11.4. The third-order valence-electron chi connectivity index (χ3n) is 2.38. The number of nitrogens with zero attached hydrogens (tertiary/aromatic N) is 1. The van der Waals surface area contributed by atoms with Crippen molar-refractivity contribution < 1.29 is 9.59 Å².